The molecule has 1 amide bonds. The van der Waals surface area contributed by atoms with E-state index < -0.39 is 24.1 Å². The van der Waals surface area contributed by atoms with E-state index in [2.05, 4.69) is 4.98 Å². The third-order valence-electron chi connectivity index (χ3n) is 5.51. The minimum Gasteiger partial charge on any atom is -0.487 e. The number of hydrogen-bond donors (Lipinski definition) is 1. The molecule has 1 aromatic carbocycles. The number of aromatic nitrogens is 2. The van der Waals surface area contributed by atoms with Crippen LogP contribution in [0.2, 0.25) is 0 Å². The van der Waals surface area contributed by atoms with Crippen LogP contribution in [0, 0.1) is 0 Å². The van der Waals surface area contributed by atoms with Crippen LogP contribution < -0.4 is 4.74 Å². The Morgan fingerprint density at radius 3 is 2.75 bits per heavy atom. The zero-order valence-electron chi connectivity index (χ0n) is 17.4. The molecule has 1 aliphatic heterocycles. The Hall–Kier alpha value is -3.75. The number of aliphatic carboxylic acids is 1. The normalized spacial score (nSPS) is 18.1. The number of Topliss-reactive ketones (excluding diaryl/α,β-unsaturated/α-hetero) is 1. The number of fused-ring (bicyclic) bond motifs is 1. The molecule has 1 aliphatic rings. The number of ketones is 1. The summed E-state index contributed by atoms with van der Waals surface area (Å²) in [6.45, 7) is 1.24. The highest BCUT2D eigenvalue weighted by molar-refractivity contribution is 6.07. The molecule has 1 N–H and O–H groups in total. The van der Waals surface area contributed by atoms with Crippen LogP contribution in [0.5, 0.6) is 5.75 Å². The zero-order valence-corrected chi connectivity index (χ0v) is 17.4. The van der Waals surface area contributed by atoms with Gasteiger partial charge in [0, 0.05) is 35.3 Å². The van der Waals surface area contributed by atoms with Gasteiger partial charge in [0.25, 0.3) is 0 Å². The van der Waals surface area contributed by atoms with Gasteiger partial charge in [-0.3, -0.25) is 14.6 Å². The summed E-state index contributed by atoms with van der Waals surface area (Å²) in [6, 6.07) is 9.52. The number of alkyl halides is 1. The van der Waals surface area contributed by atoms with Crippen molar-refractivity contribution in [2.75, 3.05) is 6.54 Å². The third-order valence-corrected chi connectivity index (χ3v) is 5.51. The number of carboxylic acid groups (broad SMARTS) is 1. The quantitative estimate of drug-likeness (QED) is 0.568. The van der Waals surface area contributed by atoms with Crippen LogP contribution in [-0.2, 0) is 22.7 Å². The molecule has 0 aliphatic carbocycles. The van der Waals surface area contributed by atoms with Crippen molar-refractivity contribution in [3.63, 3.8) is 0 Å². The first-order valence-corrected chi connectivity index (χ1v) is 10.2. The molecule has 166 valence electrons. The molecule has 2 atom stereocenters. The third kappa shape index (κ3) is 4.32. The van der Waals surface area contributed by atoms with Crippen LogP contribution >= 0.6 is 0 Å². The molecule has 3 heterocycles. The van der Waals surface area contributed by atoms with Crippen LogP contribution in [0.25, 0.3) is 10.9 Å². The molecule has 2 aromatic heterocycles. The summed E-state index contributed by atoms with van der Waals surface area (Å²) in [5.41, 5.74) is 1.79. The number of nitrogens with zero attached hydrogens (tertiary/aromatic N) is 3. The van der Waals surface area contributed by atoms with Gasteiger partial charge in [-0.1, -0.05) is 6.07 Å². The Balaban J connectivity index is 1.59. The molecule has 8 nitrogen and oxygen atoms in total. The first-order valence-electron chi connectivity index (χ1n) is 10.2. The maximum Gasteiger partial charge on any atom is 0.326 e. The fourth-order valence-corrected chi connectivity index (χ4v) is 3.95. The van der Waals surface area contributed by atoms with Crippen molar-refractivity contribution in [3.05, 3.63) is 60.0 Å². The molecule has 0 saturated carbocycles. The van der Waals surface area contributed by atoms with Gasteiger partial charge < -0.3 is 19.3 Å². The monoisotopic (exact) mass is 439 g/mol. The average Bonchev–Trinajstić information content (AvgIpc) is 3.34. The first-order chi connectivity index (χ1) is 15.3. The lowest BCUT2D eigenvalue weighted by Crippen LogP contribution is -2.42. The van der Waals surface area contributed by atoms with E-state index >= 15 is 0 Å². The Bertz CT molecular complexity index is 1180. The van der Waals surface area contributed by atoms with Gasteiger partial charge in [-0.25, -0.2) is 9.18 Å². The number of carbonyl (C=O) groups is 3. The van der Waals surface area contributed by atoms with E-state index in [4.69, 9.17) is 4.74 Å². The second kappa shape index (κ2) is 8.78. The van der Waals surface area contributed by atoms with Crippen molar-refractivity contribution >= 4 is 28.6 Å². The Labute approximate surface area is 183 Å². The molecule has 0 spiro atoms. The number of carbonyl (C=O) groups excluding carboxylic acids is 2. The number of hydrogen-bond acceptors (Lipinski definition) is 5. The summed E-state index contributed by atoms with van der Waals surface area (Å²) >= 11 is 0. The van der Waals surface area contributed by atoms with E-state index in [0.29, 0.717) is 22.2 Å². The van der Waals surface area contributed by atoms with Crippen molar-refractivity contribution in [1.29, 1.82) is 0 Å². The summed E-state index contributed by atoms with van der Waals surface area (Å²) in [5, 5.41) is 9.91. The van der Waals surface area contributed by atoms with Crippen molar-refractivity contribution in [2.45, 2.75) is 38.7 Å². The van der Waals surface area contributed by atoms with Gasteiger partial charge in [-0.05, 0) is 37.3 Å². The van der Waals surface area contributed by atoms with E-state index in [9.17, 15) is 23.9 Å². The molecule has 0 bridgehead atoms. The average molecular weight is 439 g/mol. The van der Waals surface area contributed by atoms with E-state index in [1.165, 1.54) is 6.92 Å². The lowest BCUT2D eigenvalue weighted by atomic mass is 10.1. The molecule has 0 radical (unpaired) electrons. The topological polar surface area (TPSA) is 102 Å². The van der Waals surface area contributed by atoms with E-state index in [0.717, 1.165) is 10.6 Å². The van der Waals surface area contributed by atoms with E-state index in [1.54, 1.807) is 35.2 Å². The van der Waals surface area contributed by atoms with Crippen LogP contribution in [0.15, 0.2) is 48.8 Å². The predicted octanol–water partition coefficient (Wildman–Crippen LogP) is 2.84. The number of carboxylic acids is 1. The highest BCUT2D eigenvalue weighted by Gasteiger charge is 2.39. The van der Waals surface area contributed by atoms with Gasteiger partial charge in [0.05, 0.1) is 12.2 Å². The number of pyridine rings is 1. The van der Waals surface area contributed by atoms with Crippen LogP contribution in [0.1, 0.15) is 29.4 Å². The fraction of sp³-hybridized carbons (Fsp3) is 0.304. The van der Waals surface area contributed by atoms with Crippen molar-refractivity contribution in [3.8, 4) is 5.75 Å². The molecule has 3 aromatic rings. The maximum absolute atomic E-state index is 13.8. The Morgan fingerprint density at radius 1 is 1.25 bits per heavy atom. The SMILES string of the molecule is CC(=O)c1cn(CC(=O)N2C[C@H](F)C[C@H]2C(=O)O)c2ccc(OCc3ccccn3)cc12. The fourth-order valence-electron chi connectivity index (χ4n) is 3.95. The molecule has 1 saturated heterocycles. The lowest BCUT2D eigenvalue weighted by Gasteiger charge is -2.21. The summed E-state index contributed by atoms with van der Waals surface area (Å²) in [4.78, 5) is 41.6. The molecule has 32 heavy (non-hydrogen) atoms. The van der Waals surface area contributed by atoms with E-state index in [-0.39, 0.29) is 31.9 Å². The highest BCUT2D eigenvalue weighted by atomic mass is 19.1. The summed E-state index contributed by atoms with van der Waals surface area (Å²) in [7, 11) is 0. The number of halogens is 1. The molecule has 1 fully saturated rings. The largest absolute Gasteiger partial charge is 0.487 e. The summed E-state index contributed by atoms with van der Waals surface area (Å²) < 4.78 is 21.1. The number of amides is 1. The lowest BCUT2D eigenvalue weighted by molar-refractivity contribution is -0.148. The second-order valence-corrected chi connectivity index (χ2v) is 7.75. The van der Waals surface area contributed by atoms with Gasteiger partial charge in [0.2, 0.25) is 5.91 Å². The van der Waals surface area contributed by atoms with Gasteiger partial charge in [-0.2, -0.15) is 0 Å². The van der Waals surface area contributed by atoms with Gasteiger partial charge in [0.15, 0.2) is 5.78 Å². The Morgan fingerprint density at radius 2 is 2.06 bits per heavy atom. The summed E-state index contributed by atoms with van der Waals surface area (Å²) in [6.07, 6.45) is 1.65. The number of likely N-dealkylation sites (tertiary alicyclic amines) is 1. The number of rotatable bonds is 7. The predicted molar refractivity (Wildman–Crippen MR) is 113 cm³/mol. The van der Waals surface area contributed by atoms with E-state index in [1.807, 2.05) is 18.2 Å². The minimum absolute atomic E-state index is 0.184. The summed E-state index contributed by atoms with van der Waals surface area (Å²) in [5.74, 6) is -1.38. The minimum atomic E-state index is -1.37. The molecule has 4 rings (SSSR count). The van der Waals surface area contributed by atoms with Gasteiger partial charge >= 0.3 is 5.97 Å². The van der Waals surface area contributed by atoms with Crippen LogP contribution in [0.3, 0.4) is 0 Å². The zero-order chi connectivity index (χ0) is 22.8. The van der Waals surface area contributed by atoms with Gasteiger partial charge in [-0.15, -0.1) is 0 Å². The number of benzene rings is 1. The number of ether oxygens (including phenoxy) is 1. The second-order valence-electron chi connectivity index (χ2n) is 7.75. The first kappa shape index (κ1) is 21.5. The van der Waals surface area contributed by atoms with Crippen molar-refractivity contribution in [2.24, 2.45) is 0 Å². The van der Waals surface area contributed by atoms with Crippen molar-refractivity contribution in [1.82, 2.24) is 14.5 Å². The maximum atomic E-state index is 13.8. The molecular formula is C23H22FN3O5. The molecule has 9 heteroatoms. The smallest absolute Gasteiger partial charge is 0.326 e. The van der Waals surface area contributed by atoms with Crippen LogP contribution in [0.4, 0.5) is 4.39 Å². The van der Waals surface area contributed by atoms with Crippen molar-refractivity contribution < 1.29 is 28.6 Å². The van der Waals surface area contributed by atoms with Gasteiger partial charge in [0.1, 0.15) is 31.1 Å². The standard InChI is InChI=1S/C23H22FN3O5/c1-14(28)19-11-26(12-22(29)27-10-15(24)8-21(27)23(30)31)20-6-5-17(9-18(19)20)32-13-16-4-2-3-7-25-16/h2-7,9,11,15,21H,8,10,12-13H2,1H3,(H,30,31)/t15-,21+/m1/s1. The molecular weight excluding hydrogens is 417 g/mol. The van der Waals surface area contributed by atoms with Crippen LogP contribution in [-0.4, -0.2) is 56.0 Å². The highest BCUT2D eigenvalue weighted by Crippen LogP contribution is 2.28. The molecule has 0 unspecified atom stereocenters. The Kier molecular flexibility index (Phi) is 5.89.